The molecule has 2 aromatic rings. The van der Waals surface area contributed by atoms with Crippen LogP contribution >= 0.6 is 22.9 Å². The van der Waals surface area contributed by atoms with Crippen LogP contribution in [0.4, 0.5) is 10.8 Å². The number of thiazole rings is 1. The standard InChI is InChI=1S/C13H12ClN3S/c1-8(2)12-7-18-13(17-12)16-11-5-10(14)4-3-9(11)6-15/h3-5,7-8H,1-2H3,(H,16,17). The maximum absolute atomic E-state index is 9.03. The van der Waals surface area contributed by atoms with Gasteiger partial charge < -0.3 is 5.32 Å². The Morgan fingerprint density at radius 2 is 2.22 bits per heavy atom. The molecule has 1 aromatic carbocycles. The van der Waals surface area contributed by atoms with Crippen molar-refractivity contribution < 1.29 is 0 Å². The topological polar surface area (TPSA) is 48.7 Å². The first-order valence-electron chi connectivity index (χ1n) is 5.52. The van der Waals surface area contributed by atoms with Gasteiger partial charge in [0.25, 0.3) is 0 Å². The zero-order valence-corrected chi connectivity index (χ0v) is 11.6. The average molecular weight is 278 g/mol. The summed E-state index contributed by atoms with van der Waals surface area (Å²) in [5.74, 6) is 0.395. The molecule has 3 nitrogen and oxygen atoms in total. The molecule has 0 amide bonds. The second kappa shape index (κ2) is 5.38. The minimum Gasteiger partial charge on any atom is -0.330 e. The predicted molar refractivity (Wildman–Crippen MR) is 75.7 cm³/mol. The van der Waals surface area contributed by atoms with E-state index in [0.29, 0.717) is 22.2 Å². The Kier molecular flexibility index (Phi) is 3.85. The van der Waals surface area contributed by atoms with Gasteiger partial charge in [0.05, 0.1) is 16.9 Å². The van der Waals surface area contributed by atoms with Crippen molar-refractivity contribution in [2.24, 2.45) is 0 Å². The van der Waals surface area contributed by atoms with Crippen LogP contribution in [0, 0.1) is 11.3 Å². The molecular formula is C13H12ClN3S. The molecule has 0 fully saturated rings. The van der Waals surface area contributed by atoms with Crippen molar-refractivity contribution in [2.45, 2.75) is 19.8 Å². The van der Waals surface area contributed by atoms with E-state index in [1.54, 1.807) is 18.2 Å². The highest BCUT2D eigenvalue weighted by Gasteiger charge is 2.08. The minimum absolute atomic E-state index is 0.395. The quantitative estimate of drug-likeness (QED) is 0.896. The molecule has 0 aliphatic rings. The lowest BCUT2D eigenvalue weighted by Crippen LogP contribution is -1.94. The first-order valence-corrected chi connectivity index (χ1v) is 6.78. The van der Waals surface area contributed by atoms with E-state index in [2.05, 4.69) is 30.2 Å². The number of halogens is 1. The second-order valence-corrected chi connectivity index (χ2v) is 5.45. The predicted octanol–water partition coefficient (Wildman–Crippen LogP) is 4.54. The van der Waals surface area contributed by atoms with Crippen molar-refractivity contribution in [1.29, 1.82) is 5.26 Å². The van der Waals surface area contributed by atoms with E-state index in [1.165, 1.54) is 11.3 Å². The van der Waals surface area contributed by atoms with Gasteiger partial charge in [0.15, 0.2) is 5.13 Å². The van der Waals surface area contributed by atoms with Crippen LogP contribution in [0.5, 0.6) is 0 Å². The lowest BCUT2D eigenvalue weighted by Gasteiger charge is -2.05. The normalized spacial score (nSPS) is 10.4. The van der Waals surface area contributed by atoms with Crippen molar-refractivity contribution in [3.8, 4) is 6.07 Å². The van der Waals surface area contributed by atoms with Gasteiger partial charge in [-0.15, -0.1) is 11.3 Å². The van der Waals surface area contributed by atoms with Gasteiger partial charge in [-0.25, -0.2) is 4.98 Å². The number of rotatable bonds is 3. The summed E-state index contributed by atoms with van der Waals surface area (Å²) < 4.78 is 0. The highest BCUT2D eigenvalue weighted by Crippen LogP contribution is 2.28. The SMILES string of the molecule is CC(C)c1csc(Nc2cc(Cl)ccc2C#N)n1. The maximum Gasteiger partial charge on any atom is 0.187 e. The van der Waals surface area contributed by atoms with E-state index >= 15 is 0 Å². The Morgan fingerprint density at radius 3 is 2.83 bits per heavy atom. The summed E-state index contributed by atoms with van der Waals surface area (Å²) in [6.07, 6.45) is 0. The van der Waals surface area contributed by atoms with Crippen LogP contribution in [0.15, 0.2) is 23.6 Å². The number of aromatic nitrogens is 1. The number of benzene rings is 1. The lowest BCUT2D eigenvalue weighted by atomic mass is 10.2. The highest BCUT2D eigenvalue weighted by molar-refractivity contribution is 7.13. The number of hydrogen-bond acceptors (Lipinski definition) is 4. The van der Waals surface area contributed by atoms with Crippen LogP contribution < -0.4 is 5.32 Å². The number of nitrogens with one attached hydrogen (secondary N) is 1. The molecule has 1 N–H and O–H groups in total. The molecule has 0 spiro atoms. The minimum atomic E-state index is 0.395. The highest BCUT2D eigenvalue weighted by atomic mass is 35.5. The Balaban J connectivity index is 2.28. The molecule has 0 saturated carbocycles. The summed E-state index contributed by atoms with van der Waals surface area (Å²) in [7, 11) is 0. The number of hydrogen-bond donors (Lipinski definition) is 1. The van der Waals surface area contributed by atoms with E-state index in [9.17, 15) is 0 Å². The third kappa shape index (κ3) is 2.81. The second-order valence-electron chi connectivity index (χ2n) is 4.16. The van der Waals surface area contributed by atoms with Crippen molar-refractivity contribution in [3.63, 3.8) is 0 Å². The average Bonchev–Trinajstić information content (AvgIpc) is 2.78. The monoisotopic (exact) mass is 277 g/mol. The number of nitriles is 1. The summed E-state index contributed by atoms with van der Waals surface area (Å²) in [5.41, 5.74) is 2.29. The van der Waals surface area contributed by atoms with Crippen LogP contribution in [0.1, 0.15) is 31.0 Å². The van der Waals surface area contributed by atoms with Gasteiger partial charge in [0, 0.05) is 10.4 Å². The summed E-state index contributed by atoms with van der Waals surface area (Å²) >= 11 is 7.45. The van der Waals surface area contributed by atoms with Crippen molar-refractivity contribution >= 4 is 33.8 Å². The van der Waals surface area contributed by atoms with Crippen LogP contribution in [-0.4, -0.2) is 4.98 Å². The van der Waals surface area contributed by atoms with E-state index < -0.39 is 0 Å². The zero-order valence-electron chi connectivity index (χ0n) is 10.1. The molecule has 5 heteroatoms. The smallest absolute Gasteiger partial charge is 0.187 e. The molecule has 0 radical (unpaired) electrons. The maximum atomic E-state index is 9.03. The van der Waals surface area contributed by atoms with Crippen molar-refractivity contribution in [3.05, 3.63) is 39.9 Å². The lowest BCUT2D eigenvalue weighted by molar-refractivity contribution is 0.834. The van der Waals surface area contributed by atoms with E-state index in [-0.39, 0.29) is 0 Å². The third-order valence-electron chi connectivity index (χ3n) is 2.46. The third-order valence-corrected chi connectivity index (χ3v) is 3.47. The fraction of sp³-hybridized carbons (Fsp3) is 0.231. The Labute approximate surface area is 115 Å². The van der Waals surface area contributed by atoms with Gasteiger partial charge in [-0.1, -0.05) is 25.4 Å². The first kappa shape index (κ1) is 12.9. The summed E-state index contributed by atoms with van der Waals surface area (Å²) in [6, 6.07) is 7.26. The Morgan fingerprint density at radius 1 is 1.44 bits per heavy atom. The zero-order chi connectivity index (χ0) is 13.1. The van der Waals surface area contributed by atoms with Crippen molar-refractivity contribution in [1.82, 2.24) is 4.98 Å². The number of nitrogens with zero attached hydrogens (tertiary/aromatic N) is 2. The largest absolute Gasteiger partial charge is 0.330 e. The summed E-state index contributed by atoms with van der Waals surface area (Å²) in [5, 5.41) is 15.6. The molecule has 2 rings (SSSR count). The van der Waals surface area contributed by atoms with Gasteiger partial charge >= 0.3 is 0 Å². The molecule has 92 valence electrons. The molecule has 0 bridgehead atoms. The van der Waals surface area contributed by atoms with Gasteiger partial charge in [-0.2, -0.15) is 5.26 Å². The fourth-order valence-electron chi connectivity index (χ4n) is 1.44. The molecule has 18 heavy (non-hydrogen) atoms. The Hall–Kier alpha value is -1.57. The van der Waals surface area contributed by atoms with Crippen LogP contribution in [0.25, 0.3) is 0 Å². The molecule has 0 aliphatic carbocycles. The van der Waals surface area contributed by atoms with E-state index in [4.69, 9.17) is 16.9 Å². The van der Waals surface area contributed by atoms with Crippen LogP contribution in [0.2, 0.25) is 5.02 Å². The van der Waals surface area contributed by atoms with Gasteiger partial charge in [-0.3, -0.25) is 0 Å². The molecule has 1 aromatic heterocycles. The molecule has 0 aliphatic heterocycles. The van der Waals surface area contributed by atoms with Crippen LogP contribution in [-0.2, 0) is 0 Å². The Bertz CT molecular complexity index is 599. The molecular weight excluding hydrogens is 266 g/mol. The van der Waals surface area contributed by atoms with Gasteiger partial charge in [0.2, 0.25) is 0 Å². The van der Waals surface area contributed by atoms with E-state index in [0.717, 1.165) is 10.8 Å². The van der Waals surface area contributed by atoms with E-state index in [1.807, 2.05) is 5.38 Å². The molecule has 0 saturated heterocycles. The molecule has 0 unspecified atom stereocenters. The van der Waals surface area contributed by atoms with Crippen molar-refractivity contribution in [2.75, 3.05) is 5.32 Å². The van der Waals surface area contributed by atoms with Gasteiger partial charge in [-0.05, 0) is 24.1 Å². The number of anilines is 2. The molecule has 1 heterocycles. The summed E-state index contributed by atoms with van der Waals surface area (Å²) in [4.78, 5) is 4.47. The van der Waals surface area contributed by atoms with Crippen LogP contribution in [0.3, 0.4) is 0 Å². The fourth-order valence-corrected chi connectivity index (χ4v) is 2.50. The van der Waals surface area contributed by atoms with Gasteiger partial charge in [0.1, 0.15) is 6.07 Å². The first-order chi connectivity index (χ1) is 8.60. The summed E-state index contributed by atoms with van der Waals surface area (Å²) in [6.45, 7) is 4.19. The molecule has 0 atom stereocenters.